The summed E-state index contributed by atoms with van der Waals surface area (Å²) in [6.45, 7) is 4.62. The molecule has 4 nitrogen and oxygen atoms in total. The lowest BCUT2D eigenvalue weighted by Crippen LogP contribution is -2.30. The molecule has 0 aromatic carbocycles. The number of anilines is 1. The van der Waals surface area contributed by atoms with Gasteiger partial charge >= 0.3 is 5.97 Å². The van der Waals surface area contributed by atoms with Crippen LogP contribution in [0.25, 0.3) is 0 Å². The number of esters is 1. The van der Waals surface area contributed by atoms with Gasteiger partial charge in [0.15, 0.2) is 0 Å². The van der Waals surface area contributed by atoms with Gasteiger partial charge in [0.05, 0.1) is 7.11 Å². The monoisotopic (exact) mass is 262 g/mol. The van der Waals surface area contributed by atoms with Gasteiger partial charge in [-0.25, -0.2) is 9.78 Å². The Morgan fingerprint density at radius 1 is 1.42 bits per heavy atom. The van der Waals surface area contributed by atoms with Crippen LogP contribution in [-0.2, 0) is 4.74 Å². The summed E-state index contributed by atoms with van der Waals surface area (Å²) in [6.07, 6.45) is 6.33. The van der Waals surface area contributed by atoms with Gasteiger partial charge in [0.2, 0.25) is 0 Å². The van der Waals surface area contributed by atoms with Gasteiger partial charge in [-0.15, -0.1) is 0 Å². The number of nitrogens with zero attached hydrogens (tertiary/aromatic N) is 1. The Balaban J connectivity index is 2.06. The molecule has 1 aromatic rings. The van der Waals surface area contributed by atoms with Gasteiger partial charge in [0.1, 0.15) is 11.4 Å². The standard InChI is InChI=1S/C15H22N2O2/c1-15(2)8-6-11(7-9-15)17-13-12(14(18)19-3)5-4-10-16-13/h4-5,10-11H,6-9H2,1-3H3,(H,16,17). The maximum atomic E-state index is 11.7. The van der Waals surface area contributed by atoms with E-state index in [0.29, 0.717) is 22.8 Å². The van der Waals surface area contributed by atoms with Crippen molar-refractivity contribution in [2.75, 3.05) is 12.4 Å². The number of methoxy groups -OCH3 is 1. The molecule has 1 saturated carbocycles. The number of hydrogen-bond acceptors (Lipinski definition) is 4. The topological polar surface area (TPSA) is 51.2 Å². The Morgan fingerprint density at radius 2 is 2.11 bits per heavy atom. The van der Waals surface area contributed by atoms with Crippen LogP contribution in [0.1, 0.15) is 49.9 Å². The molecule has 0 saturated heterocycles. The average molecular weight is 262 g/mol. The van der Waals surface area contributed by atoms with E-state index >= 15 is 0 Å². The maximum absolute atomic E-state index is 11.7. The summed E-state index contributed by atoms with van der Waals surface area (Å²) >= 11 is 0. The van der Waals surface area contributed by atoms with Crippen molar-refractivity contribution in [2.45, 2.75) is 45.6 Å². The molecule has 0 amide bonds. The van der Waals surface area contributed by atoms with Crippen LogP contribution in [0.15, 0.2) is 18.3 Å². The fourth-order valence-corrected chi connectivity index (χ4v) is 2.53. The molecule has 1 aromatic heterocycles. The lowest BCUT2D eigenvalue weighted by Gasteiger charge is -2.35. The molecule has 1 aliphatic carbocycles. The summed E-state index contributed by atoms with van der Waals surface area (Å²) in [5.74, 6) is 0.297. The van der Waals surface area contributed by atoms with Crippen LogP contribution < -0.4 is 5.32 Å². The molecule has 0 spiro atoms. The summed E-state index contributed by atoms with van der Waals surface area (Å²) in [6, 6.07) is 3.89. The quantitative estimate of drug-likeness (QED) is 0.850. The SMILES string of the molecule is COC(=O)c1cccnc1NC1CCC(C)(C)CC1. The summed E-state index contributed by atoms with van der Waals surface area (Å²) < 4.78 is 4.78. The van der Waals surface area contributed by atoms with Gasteiger partial charge in [-0.2, -0.15) is 0 Å². The molecular formula is C15H22N2O2. The van der Waals surface area contributed by atoms with Gasteiger partial charge in [-0.1, -0.05) is 13.8 Å². The number of rotatable bonds is 3. The van der Waals surface area contributed by atoms with Crippen LogP contribution in [0.3, 0.4) is 0 Å². The van der Waals surface area contributed by atoms with E-state index in [1.165, 1.54) is 20.0 Å². The van der Waals surface area contributed by atoms with E-state index in [1.54, 1.807) is 18.3 Å². The second-order valence-corrected chi connectivity index (χ2v) is 5.97. The van der Waals surface area contributed by atoms with Gasteiger partial charge in [0, 0.05) is 12.2 Å². The first kappa shape index (κ1) is 13.8. The van der Waals surface area contributed by atoms with E-state index in [1.807, 2.05) is 0 Å². The first-order chi connectivity index (χ1) is 9.02. The van der Waals surface area contributed by atoms with E-state index in [2.05, 4.69) is 24.1 Å². The maximum Gasteiger partial charge on any atom is 0.341 e. The number of ether oxygens (including phenoxy) is 1. The highest BCUT2D eigenvalue weighted by atomic mass is 16.5. The first-order valence-corrected chi connectivity index (χ1v) is 6.82. The predicted molar refractivity (Wildman–Crippen MR) is 75.2 cm³/mol. The molecule has 1 fully saturated rings. The Morgan fingerprint density at radius 3 is 2.74 bits per heavy atom. The minimum absolute atomic E-state index is 0.341. The van der Waals surface area contributed by atoms with Crippen LogP contribution in [0.5, 0.6) is 0 Å². The van der Waals surface area contributed by atoms with Crippen molar-refractivity contribution in [2.24, 2.45) is 5.41 Å². The van der Waals surface area contributed by atoms with Crippen LogP contribution in [0, 0.1) is 5.41 Å². The summed E-state index contributed by atoms with van der Waals surface area (Å²) in [5.41, 5.74) is 0.947. The fourth-order valence-electron chi connectivity index (χ4n) is 2.53. The minimum atomic E-state index is -0.341. The van der Waals surface area contributed by atoms with Crippen molar-refractivity contribution in [3.63, 3.8) is 0 Å². The van der Waals surface area contributed by atoms with Crippen molar-refractivity contribution >= 4 is 11.8 Å². The molecule has 1 aliphatic rings. The van der Waals surface area contributed by atoms with E-state index in [0.717, 1.165) is 12.8 Å². The molecule has 0 bridgehead atoms. The third-order valence-electron chi connectivity index (χ3n) is 3.89. The molecule has 1 heterocycles. The largest absolute Gasteiger partial charge is 0.465 e. The Hall–Kier alpha value is -1.58. The van der Waals surface area contributed by atoms with Crippen LogP contribution in [0.2, 0.25) is 0 Å². The number of carbonyl (C=O) groups excluding carboxylic acids is 1. The molecule has 19 heavy (non-hydrogen) atoms. The highest BCUT2D eigenvalue weighted by Gasteiger charge is 2.27. The van der Waals surface area contributed by atoms with Crippen molar-refractivity contribution in [1.82, 2.24) is 4.98 Å². The normalized spacial score (nSPS) is 18.9. The van der Waals surface area contributed by atoms with Gasteiger partial charge < -0.3 is 10.1 Å². The van der Waals surface area contributed by atoms with Gasteiger partial charge in [-0.05, 0) is 43.2 Å². The van der Waals surface area contributed by atoms with Crippen LogP contribution in [-0.4, -0.2) is 24.1 Å². The Labute approximate surface area is 114 Å². The van der Waals surface area contributed by atoms with Crippen molar-refractivity contribution in [3.8, 4) is 0 Å². The zero-order chi connectivity index (χ0) is 13.9. The lowest BCUT2D eigenvalue weighted by molar-refractivity contribution is 0.0601. The number of pyridine rings is 1. The Bertz CT molecular complexity index is 447. The first-order valence-electron chi connectivity index (χ1n) is 6.82. The molecule has 104 valence electrons. The number of hydrogen-bond donors (Lipinski definition) is 1. The molecule has 2 rings (SSSR count). The zero-order valence-electron chi connectivity index (χ0n) is 11.9. The van der Waals surface area contributed by atoms with Gasteiger partial charge in [0.25, 0.3) is 0 Å². The minimum Gasteiger partial charge on any atom is -0.465 e. The molecule has 0 unspecified atom stereocenters. The van der Waals surface area contributed by atoms with E-state index < -0.39 is 0 Å². The number of nitrogens with one attached hydrogen (secondary N) is 1. The highest BCUT2D eigenvalue weighted by molar-refractivity contribution is 5.94. The number of aromatic nitrogens is 1. The van der Waals surface area contributed by atoms with Crippen molar-refractivity contribution in [3.05, 3.63) is 23.9 Å². The number of carbonyl (C=O) groups is 1. The zero-order valence-corrected chi connectivity index (χ0v) is 11.9. The predicted octanol–water partition coefficient (Wildman–Crippen LogP) is 3.25. The Kier molecular flexibility index (Phi) is 4.08. The summed E-state index contributed by atoms with van der Waals surface area (Å²) in [7, 11) is 1.39. The third kappa shape index (κ3) is 3.46. The van der Waals surface area contributed by atoms with Crippen LogP contribution >= 0.6 is 0 Å². The van der Waals surface area contributed by atoms with Crippen molar-refractivity contribution < 1.29 is 9.53 Å². The fraction of sp³-hybridized carbons (Fsp3) is 0.600. The average Bonchev–Trinajstić information content (AvgIpc) is 2.41. The second-order valence-electron chi connectivity index (χ2n) is 5.97. The van der Waals surface area contributed by atoms with Gasteiger partial charge in [-0.3, -0.25) is 0 Å². The molecule has 0 aliphatic heterocycles. The lowest BCUT2D eigenvalue weighted by atomic mass is 9.75. The van der Waals surface area contributed by atoms with Crippen LogP contribution in [0.4, 0.5) is 5.82 Å². The molecule has 4 heteroatoms. The van der Waals surface area contributed by atoms with E-state index in [-0.39, 0.29) is 5.97 Å². The molecular weight excluding hydrogens is 240 g/mol. The van der Waals surface area contributed by atoms with E-state index in [4.69, 9.17) is 4.74 Å². The van der Waals surface area contributed by atoms with E-state index in [9.17, 15) is 4.79 Å². The summed E-state index contributed by atoms with van der Waals surface area (Å²) in [5, 5.41) is 3.39. The molecule has 0 radical (unpaired) electrons. The smallest absolute Gasteiger partial charge is 0.341 e. The molecule has 0 atom stereocenters. The highest BCUT2D eigenvalue weighted by Crippen LogP contribution is 2.36. The second kappa shape index (κ2) is 5.59. The molecule has 1 N–H and O–H groups in total. The van der Waals surface area contributed by atoms with Crippen molar-refractivity contribution in [1.29, 1.82) is 0 Å². The summed E-state index contributed by atoms with van der Waals surface area (Å²) in [4.78, 5) is 15.9. The third-order valence-corrected chi connectivity index (χ3v) is 3.89.